The van der Waals surface area contributed by atoms with Crippen LogP contribution in [0.2, 0.25) is 0 Å². The lowest BCUT2D eigenvalue weighted by atomic mass is 10.1. The van der Waals surface area contributed by atoms with Crippen molar-refractivity contribution in [2.24, 2.45) is 0 Å². The minimum absolute atomic E-state index is 0.119. The molecular formula is C11H13BrN2O2. The smallest absolute Gasteiger partial charge is 0.273 e. The van der Waals surface area contributed by atoms with E-state index in [0.29, 0.717) is 23.3 Å². The van der Waals surface area contributed by atoms with Gasteiger partial charge in [-0.1, -0.05) is 0 Å². The molecule has 1 fully saturated rings. The lowest BCUT2D eigenvalue weighted by molar-refractivity contribution is 0.0468. The van der Waals surface area contributed by atoms with Gasteiger partial charge in [0.15, 0.2) is 0 Å². The Morgan fingerprint density at radius 3 is 3.12 bits per heavy atom. The maximum atomic E-state index is 12.1. The first-order chi connectivity index (χ1) is 7.68. The Kier molecular flexibility index (Phi) is 3.56. The molecule has 1 aromatic rings. The van der Waals surface area contributed by atoms with Crippen LogP contribution in [0.5, 0.6) is 0 Å². The van der Waals surface area contributed by atoms with Gasteiger partial charge in [-0.25, -0.2) is 4.98 Å². The van der Waals surface area contributed by atoms with Crippen LogP contribution in [-0.4, -0.2) is 40.1 Å². The summed E-state index contributed by atoms with van der Waals surface area (Å²) in [6.45, 7) is 1.10. The molecule has 1 atom stereocenters. The van der Waals surface area contributed by atoms with Crippen molar-refractivity contribution in [2.75, 3.05) is 13.1 Å². The highest BCUT2D eigenvalue weighted by molar-refractivity contribution is 9.10. The van der Waals surface area contributed by atoms with Gasteiger partial charge in [-0.15, -0.1) is 0 Å². The molecule has 0 saturated carbocycles. The number of hydrogen-bond acceptors (Lipinski definition) is 3. The molecule has 4 nitrogen and oxygen atoms in total. The summed E-state index contributed by atoms with van der Waals surface area (Å²) in [5, 5.41) is 9.52. The number of nitrogens with zero attached hydrogens (tertiary/aromatic N) is 2. The van der Waals surface area contributed by atoms with Crippen LogP contribution in [0.3, 0.4) is 0 Å². The number of aromatic nitrogens is 1. The molecule has 16 heavy (non-hydrogen) atoms. The largest absolute Gasteiger partial charge is 0.391 e. The van der Waals surface area contributed by atoms with Crippen molar-refractivity contribution in [3.63, 3.8) is 0 Å². The molecule has 1 aliphatic heterocycles. The molecule has 1 N–H and O–H groups in total. The average molecular weight is 285 g/mol. The van der Waals surface area contributed by atoms with Gasteiger partial charge < -0.3 is 10.0 Å². The van der Waals surface area contributed by atoms with Gasteiger partial charge in [0.25, 0.3) is 5.91 Å². The summed E-state index contributed by atoms with van der Waals surface area (Å²) in [5.74, 6) is -0.119. The third-order valence-corrected chi connectivity index (χ3v) is 3.28. The molecule has 1 unspecified atom stereocenters. The van der Waals surface area contributed by atoms with Gasteiger partial charge in [-0.3, -0.25) is 4.79 Å². The lowest BCUT2D eigenvalue weighted by Gasteiger charge is -2.29. The normalized spacial score (nSPS) is 20.9. The van der Waals surface area contributed by atoms with E-state index in [1.807, 2.05) is 0 Å². The van der Waals surface area contributed by atoms with Crippen LogP contribution in [-0.2, 0) is 0 Å². The van der Waals surface area contributed by atoms with E-state index in [-0.39, 0.29) is 5.91 Å². The number of carbonyl (C=O) groups is 1. The highest BCUT2D eigenvalue weighted by Crippen LogP contribution is 2.18. The molecule has 0 aromatic carbocycles. The van der Waals surface area contributed by atoms with Crippen LogP contribution in [0, 0.1) is 0 Å². The van der Waals surface area contributed by atoms with E-state index < -0.39 is 6.10 Å². The topological polar surface area (TPSA) is 53.4 Å². The molecule has 0 spiro atoms. The second-order valence-electron chi connectivity index (χ2n) is 3.88. The number of rotatable bonds is 1. The Morgan fingerprint density at radius 1 is 1.62 bits per heavy atom. The van der Waals surface area contributed by atoms with Crippen molar-refractivity contribution in [1.29, 1.82) is 0 Å². The number of pyridine rings is 1. The minimum atomic E-state index is -0.403. The van der Waals surface area contributed by atoms with Gasteiger partial charge >= 0.3 is 0 Å². The summed E-state index contributed by atoms with van der Waals surface area (Å²) in [6.07, 6.45) is 2.81. The molecule has 0 bridgehead atoms. The zero-order valence-electron chi connectivity index (χ0n) is 8.77. The zero-order chi connectivity index (χ0) is 11.5. The summed E-state index contributed by atoms with van der Waals surface area (Å²) >= 11 is 3.31. The van der Waals surface area contributed by atoms with Gasteiger partial charge in [0.1, 0.15) is 5.69 Å². The summed E-state index contributed by atoms with van der Waals surface area (Å²) < 4.78 is 0.695. The predicted molar refractivity (Wildman–Crippen MR) is 63.1 cm³/mol. The van der Waals surface area contributed by atoms with E-state index >= 15 is 0 Å². The fourth-order valence-electron chi connectivity index (χ4n) is 1.83. The molecule has 0 aliphatic carbocycles. The van der Waals surface area contributed by atoms with Crippen molar-refractivity contribution in [3.05, 3.63) is 28.5 Å². The van der Waals surface area contributed by atoms with Crippen LogP contribution in [0.1, 0.15) is 23.3 Å². The van der Waals surface area contributed by atoms with Gasteiger partial charge in [-0.2, -0.15) is 0 Å². The molecular weight excluding hydrogens is 272 g/mol. The highest BCUT2D eigenvalue weighted by Gasteiger charge is 2.24. The predicted octanol–water partition coefficient (Wildman–Crippen LogP) is 1.44. The molecule has 1 amide bonds. The Balaban J connectivity index is 2.16. The van der Waals surface area contributed by atoms with E-state index in [0.717, 1.165) is 12.8 Å². The van der Waals surface area contributed by atoms with Crippen LogP contribution >= 0.6 is 15.9 Å². The summed E-state index contributed by atoms with van der Waals surface area (Å²) in [6, 6.07) is 3.56. The van der Waals surface area contributed by atoms with Crippen LogP contribution in [0.4, 0.5) is 0 Å². The molecule has 86 valence electrons. The number of likely N-dealkylation sites (tertiary alicyclic amines) is 1. The number of aliphatic hydroxyl groups excluding tert-OH is 1. The third kappa shape index (κ3) is 2.41. The van der Waals surface area contributed by atoms with Gasteiger partial charge in [-0.05, 0) is 40.9 Å². The van der Waals surface area contributed by atoms with Gasteiger partial charge in [0, 0.05) is 23.8 Å². The number of amides is 1. The first-order valence-corrected chi connectivity index (χ1v) is 6.05. The summed E-state index contributed by atoms with van der Waals surface area (Å²) in [4.78, 5) is 17.8. The van der Waals surface area contributed by atoms with Crippen LogP contribution < -0.4 is 0 Å². The van der Waals surface area contributed by atoms with Crippen molar-refractivity contribution < 1.29 is 9.90 Å². The fraction of sp³-hybridized carbons (Fsp3) is 0.455. The second kappa shape index (κ2) is 4.93. The molecule has 5 heteroatoms. The van der Waals surface area contributed by atoms with Crippen molar-refractivity contribution in [3.8, 4) is 0 Å². The molecule has 1 aromatic heterocycles. The highest BCUT2D eigenvalue weighted by atomic mass is 79.9. The van der Waals surface area contributed by atoms with E-state index in [2.05, 4.69) is 20.9 Å². The van der Waals surface area contributed by atoms with E-state index in [4.69, 9.17) is 0 Å². The second-order valence-corrected chi connectivity index (χ2v) is 4.74. The summed E-state index contributed by atoms with van der Waals surface area (Å²) in [7, 11) is 0. The fourth-order valence-corrected chi connectivity index (χ4v) is 2.26. The van der Waals surface area contributed by atoms with Crippen molar-refractivity contribution >= 4 is 21.8 Å². The SMILES string of the molecule is O=C(c1ncccc1Br)N1CCCC(O)C1. The molecule has 2 rings (SSSR count). The quantitative estimate of drug-likeness (QED) is 0.849. The minimum Gasteiger partial charge on any atom is -0.391 e. The first-order valence-electron chi connectivity index (χ1n) is 5.26. The van der Waals surface area contributed by atoms with E-state index in [1.165, 1.54) is 0 Å². The maximum Gasteiger partial charge on any atom is 0.273 e. The Morgan fingerprint density at radius 2 is 2.44 bits per heavy atom. The third-order valence-electron chi connectivity index (χ3n) is 2.64. The first kappa shape index (κ1) is 11.5. The number of halogens is 1. The van der Waals surface area contributed by atoms with Crippen LogP contribution in [0.25, 0.3) is 0 Å². The molecule has 0 radical (unpaired) electrons. The molecule has 2 heterocycles. The number of aliphatic hydroxyl groups is 1. The van der Waals surface area contributed by atoms with Gasteiger partial charge in [0.05, 0.1) is 6.10 Å². The number of piperidine rings is 1. The number of β-amino-alcohol motifs (C(OH)–C–C–N with tert-alkyl or cyclic N) is 1. The monoisotopic (exact) mass is 284 g/mol. The van der Waals surface area contributed by atoms with Crippen molar-refractivity contribution in [1.82, 2.24) is 9.88 Å². The van der Waals surface area contributed by atoms with Crippen molar-refractivity contribution in [2.45, 2.75) is 18.9 Å². The van der Waals surface area contributed by atoms with E-state index in [1.54, 1.807) is 23.2 Å². The Bertz CT molecular complexity index is 397. The average Bonchev–Trinajstić information content (AvgIpc) is 2.29. The standard InChI is InChI=1S/C11H13BrN2O2/c12-9-4-1-5-13-10(9)11(16)14-6-2-3-8(15)7-14/h1,4-5,8,15H,2-3,6-7H2. The lowest BCUT2D eigenvalue weighted by Crippen LogP contribution is -2.42. The number of carbonyl (C=O) groups excluding carboxylic acids is 1. The molecule has 1 aliphatic rings. The zero-order valence-corrected chi connectivity index (χ0v) is 10.4. The summed E-state index contributed by atoms with van der Waals surface area (Å²) in [5.41, 5.74) is 0.414. The Labute approximate surface area is 102 Å². The molecule has 1 saturated heterocycles. The maximum absolute atomic E-state index is 12.1. The van der Waals surface area contributed by atoms with Gasteiger partial charge in [0.2, 0.25) is 0 Å². The van der Waals surface area contributed by atoms with E-state index in [9.17, 15) is 9.90 Å². The number of hydrogen-bond donors (Lipinski definition) is 1. The van der Waals surface area contributed by atoms with Crippen LogP contribution in [0.15, 0.2) is 22.8 Å². The Hall–Kier alpha value is -0.940.